The van der Waals surface area contributed by atoms with E-state index in [1.165, 1.54) is 0 Å². The first-order chi connectivity index (χ1) is 8.91. The number of unbranched alkanes of at least 4 members (excludes halogenated alkanes) is 2. The van der Waals surface area contributed by atoms with Gasteiger partial charge in [-0.05, 0) is 25.7 Å². The molecule has 0 aliphatic rings. The van der Waals surface area contributed by atoms with Crippen LogP contribution >= 0.6 is 0 Å². The van der Waals surface area contributed by atoms with Crippen molar-refractivity contribution >= 4 is 23.9 Å². The van der Waals surface area contributed by atoms with Gasteiger partial charge >= 0.3 is 23.9 Å². The molecule has 0 atom stereocenters. The van der Waals surface area contributed by atoms with Crippen LogP contribution in [0.5, 0.6) is 0 Å². The van der Waals surface area contributed by atoms with Crippen LogP contribution in [0.1, 0.15) is 51.4 Å². The molecular weight excluding hydrogens is 298 g/mol. The fraction of sp³-hybridized carbons (Fsp3) is 0.667. The summed E-state index contributed by atoms with van der Waals surface area (Å²) in [6.45, 7) is 0. The van der Waals surface area contributed by atoms with E-state index in [9.17, 15) is 19.2 Å². The van der Waals surface area contributed by atoms with Gasteiger partial charge in [0.1, 0.15) is 0 Å². The highest BCUT2D eigenvalue weighted by Crippen LogP contribution is 2.05. The van der Waals surface area contributed by atoms with Crippen LogP contribution < -0.4 is 18.5 Å². The lowest BCUT2D eigenvalue weighted by Gasteiger charge is -2.02. The molecule has 132 valence electrons. The van der Waals surface area contributed by atoms with Crippen LogP contribution in [0.4, 0.5) is 0 Å². The smallest absolute Gasteiger partial charge is 0.313 e. The van der Waals surface area contributed by atoms with Gasteiger partial charge in [-0.25, -0.2) is 0 Å². The Labute approximate surface area is 129 Å². The Bertz CT molecular complexity index is 316. The summed E-state index contributed by atoms with van der Waals surface area (Å²) in [4.78, 5) is 42.7. The van der Waals surface area contributed by atoms with Gasteiger partial charge < -0.3 is 33.4 Å². The van der Waals surface area contributed by atoms with E-state index in [0.29, 0.717) is 25.7 Å². The summed E-state index contributed by atoms with van der Waals surface area (Å²) in [6.07, 6.45) is 1.42. The molecule has 0 spiro atoms. The number of carboxylic acids is 2. The van der Waals surface area contributed by atoms with E-state index in [2.05, 4.69) is 4.74 Å². The molecule has 22 heavy (non-hydrogen) atoms. The van der Waals surface area contributed by atoms with E-state index in [4.69, 9.17) is 10.2 Å². The third kappa shape index (κ3) is 20.3. The minimum absolute atomic E-state index is 0. The zero-order valence-corrected chi connectivity index (χ0v) is 12.7. The molecule has 0 saturated heterocycles. The second kappa shape index (κ2) is 17.0. The maximum absolute atomic E-state index is 11.2. The standard InChI is InChI=1S/C12H18O7.3H3N/c13-9(14)5-1-3-7-11(17)19-12(18)8-4-2-6-10(15)16;;;/h1-8H2,(H,13,14)(H,15,16);3*1H3. The molecule has 0 bridgehead atoms. The van der Waals surface area contributed by atoms with E-state index >= 15 is 0 Å². The Morgan fingerprint density at radius 3 is 1.14 bits per heavy atom. The third-order valence-electron chi connectivity index (χ3n) is 2.27. The van der Waals surface area contributed by atoms with Crippen molar-refractivity contribution < 1.29 is 34.1 Å². The van der Waals surface area contributed by atoms with Gasteiger partial charge in [-0.3, -0.25) is 19.2 Å². The first-order valence-electron chi connectivity index (χ1n) is 6.09. The van der Waals surface area contributed by atoms with Crippen LogP contribution in [-0.4, -0.2) is 34.1 Å². The van der Waals surface area contributed by atoms with Crippen LogP contribution in [0.3, 0.4) is 0 Å². The summed E-state index contributed by atoms with van der Waals surface area (Å²) in [5.41, 5.74) is 0. The van der Waals surface area contributed by atoms with Crippen LogP contribution in [0.25, 0.3) is 0 Å². The molecule has 0 radical (unpaired) electrons. The van der Waals surface area contributed by atoms with Gasteiger partial charge in [0.15, 0.2) is 0 Å². The molecule has 0 aromatic heterocycles. The lowest BCUT2D eigenvalue weighted by atomic mass is 10.2. The second-order valence-electron chi connectivity index (χ2n) is 4.05. The molecule has 0 aliphatic heterocycles. The predicted molar refractivity (Wildman–Crippen MR) is 78.4 cm³/mol. The topological polar surface area (TPSA) is 223 Å². The number of hydrogen-bond acceptors (Lipinski definition) is 8. The van der Waals surface area contributed by atoms with E-state index < -0.39 is 23.9 Å². The highest BCUT2D eigenvalue weighted by molar-refractivity contribution is 5.85. The number of hydrogen-bond donors (Lipinski definition) is 5. The molecule has 10 heteroatoms. The molecule has 0 amide bonds. The minimum atomic E-state index is -0.928. The maximum Gasteiger partial charge on any atom is 0.313 e. The van der Waals surface area contributed by atoms with Crippen molar-refractivity contribution in [3.05, 3.63) is 0 Å². The van der Waals surface area contributed by atoms with Crippen molar-refractivity contribution in [2.45, 2.75) is 51.4 Å². The normalized spacial score (nSPS) is 8.55. The monoisotopic (exact) mass is 325 g/mol. The summed E-state index contributed by atoms with van der Waals surface area (Å²) < 4.78 is 4.49. The second-order valence-corrected chi connectivity index (χ2v) is 4.05. The van der Waals surface area contributed by atoms with Crippen molar-refractivity contribution in [3.8, 4) is 0 Å². The summed E-state index contributed by atoms with van der Waals surface area (Å²) in [6, 6.07) is 0. The molecule has 0 rings (SSSR count). The van der Waals surface area contributed by atoms with Gasteiger partial charge in [0, 0.05) is 25.7 Å². The predicted octanol–water partition coefficient (Wildman–Crippen LogP) is 1.83. The van der Waals surface area contributed by atoms with Crippen LogP contribution in [0, 0.1) is 0 Å². The molecule has 0 aromatic carbocycles. The molecule has 0 aromatic rings. The average Bonchev–Trinajstić information content (AvgIpc) is 2.30. The third-order valence-corrected chi connectivity index (χ3v) is 2.27. The van der Waals surface area contributed by atoms with Crippen molar-refractivity contribution in [1.82, 2.24) is 18.5 Å². The number of rotatable bonds is 10. The highest BCUT2D eigenvalue weighted by Gasteiger charge is 2.10. The summed E-state index contributed by atoms with van der Waals surface area (Å²) in [7, 11) is 0. The Balaban J connectivity index is -0.000000540. The van der Waals surface area contributed by atoms with E-state index in [0.717, 1.165) is 0 Å². The Morgan fingerprint density at radius 2 is 0.864 bits per heavy atom. The molecule has 0 saturated carbocycles. The fourth-order valence-electron chi connectivity index (χ4n) is 1.32. The van der Waals surface area contributed by atoms with Gasteiger partial charge in [0.05, 0.1) is 0 Å². The minimum Gasteiger partial charge on any atom is -0.481 e. The SMILES string of the molecule is N.N.N.O=C(O)CCCCC(=O)OC(=O)CCCCC(=O)O. The lowest BCUT2D eigenvalue weighted by molar-refractivity contribution is -0.160. The van der Waals surface area contributed by atoms with Gasteiger partial charge in [-0.15, -0.1) is 0 Å². The van der Waals surface area contributed by atoms with Crippen molar-refractivity contribution in [1.29, 1.82) is 0 Å². The van der Waals surface area contributed by atoms with E-state index in [-0.39, 0.29) is 44.1 Å². The fourth-order valence-corrected chi connectivity index (χ4v) is 1.32. The summed E-state index contributed by atoms with van der Waals surface area (Å²) in [5.74, 6) is -3.20. The molecule has 0 unspecified atom stereocenters. The van der Waals surface area contributed by atoms with E-state index in [1.54, 1.807) is 0 Å². The van der Waals surface area contributed by atoms with Crippen molar-refractivity contribution in [2.75, 3.05) is 0 Å². The Kier molecular flexibility index (Phi) is 21.8. The molecule has 0 aliphatic carbocycles. The Hall–Kier alpha value is -2.04. The van der Waals surface area contributed by atoms with Gasteiger partial charge in [0.2, 0.25) is 0 Å². The quantitative estimate of drug-likeness (QED) is 0.222. The number of ether oxygens (including phenoxy) is 1. The van der Waals surface area contributed by atoms with Crippen molar-refractivity contribution in [3.63, 3.8) is 0 Å². The van der Waals surface area contributed by atoms with Crippen LogP contribution in [0.15, 0.2) is 0 Å². The molecular formula is C12H27N3O7. The number of esters is 2. The first-order valence-corrected chi connectivity index (χ1v) is 6.09. The molecule has 10 nitrogen and oxygen atoms in total. The average molecular weight is 325 g/mol. The first kappa shape index (κ1) is 28.2. The van der Waals surface area contributed by atoms with Crippen molar-refractivity contribution in [2.24, 2.45) is 0 Å². The molecule has 0 heterocycles. The summed E-state index contributed by atoms with van der Waals surface area (Å²) >= 11 is 0. The van der Waals surface area contributed by atoms with E-state index in [1.807, 2.05) is 0 Å². The van der Waals surface area contributed by atoms with Gasteiger partial charge in [-0.1, -0.05) is 0 Å². The summed E-state index contributed by atoms with van der Waals surface area (Å²) in [5, 5.41) is 16.7. The number of aliphatic carboxylic acids is 2. The zero-order valence-electron chi connectivity index (χ0n) is 12.7. The van der Waals surface area contributed by atoms with Gasteiger partial charge in [0.25, 0.3) is 0 Å². The Morgan fingerprint density at radius 1 is 0.591 bits per heavy atom. The number of carboxylic acid groups (broad SMARTS) is 2. The molecule has 11 N–H and O–H groups in total. The highest BCUT2D eigenvalue weighted by atomic mass is 16.6. The van der Waals surface area contributed by atoms with Crippen LogP contribution in [0.2, 0.25) is 0 Å². The number of carbonyl (C=O) groups excluding carboxylic acids is 2. The van der Waals surface area contributed by atoms with Crippen LogP contribution in [-0.2, 0) is 23.9 Å². The lowest BCUT2D eigenvalue weighted by Crippen LogP contribution is -2.12. The zero-order chi connectivity index (χ0) is 14.7. The molecule has 0 fully saturated rings. The maximum atomic E-state index is 11.2. The van der Waals surface area contributed by atoms with Gasteiger partial charge in [-0.2, -0.15) is 0 Å². The number of carbonyl (C=O) groups is 4. The largest absolute Gasteiger partial charge is 0.481 e.